The van der Waals surface area contributed by atoms with E-state index in [1.165, 1.54) is 13.2 Å². The Balaban J connectivity index is 2.93. The summed E-state index contributed by atoms with van der Waals surface area (Å²) in [5.41, 5.74) is -0.217. The van der Waals surface area contributed by atoms with Crippen molar-refractivity contribution in [3.05, 3.63) is 34.9 Å². The topological polar surface area (TPSA) is 50.1 Å². The number of methoxy groups -OCH3 is 1. The number of benzene rings is 1. The molecule has 94 valence electrons. The normalized spacial score (nSPS) is 11.3. The van der Waals surface area contributed by atoms with Gasteiger partial charge in [0, 0.05) is 0 Å². The van der Waals surface area contributed by atoms with E-state index in [1.54, 1.807) is 38.1 Å². The van der Waals surface area contributed by atoms with Gasteiger partial charge in [0.05, 0.1) is 18.2 Å². The molecule has 0 radical (unpaired) electrons. The Labute approximate surface area is 112 Å². The van der Waals surface area contributed by atoms with Crippen molar-refractivity contribution in [3.8, 4) is 11.8 Å². The van der Waals surface area contributed by atoms with Gasteiger partial charge >= 0.3 is 0 Å². The van der Waals surface area contributed by atoms with Crippen molar-refractivity contribution in [1.29, 1.82) is 5.26 Å². The fourth-order valence-electron chi connectivity index (χ4n) is 1.22. The molecule has 1 aromatic carbocycles. The largest absolute Gasteiger partial charge is 0.495 e. The Morgan fingerprint density at radius 3 is 2.72 bits per heavy atom. The van der Waals surface area contributed by atoms with E-state index in [4.69, 9.17) is 21.6 Å². The summed E-state index contributed by atoms with van der Waals surface area (Å²) in [6.07, 6.45) is 3.03. The molecule has 0 aliphatic heterocycles. The lowest BCUT2D eigenvalue weighted by atomic mass is 9.89. The van der Waals surface area contributed by atoms with Gasteiger partial charge in [0.25, 0.3) is 0 Å². The second-order valence-corrected chi connectivity index (χ2v) is 4.74. The molecule has 0 saturated carbocycles. The van der Waals surface area contributed by atoms with Crippen LogP contribution in [-0.4, -0.2) is 12.9 Å². The van der Waals surface area contributed by atoms with E-state index in [-0.39, 0.29) is 5.78 Å². The van der Waals surface area contributed by atoms with Crippen LogP contribution in [0.25, 0.3) is 6.08 Å². The van der Waals surface area contributed by atoms with Crippen LogP contribution >= 0.6 is 11.6 Å². The summed E-state index contributed by atoms with van der Waals surface area (Å²) in [5, 5.41) is 9.35. The van der Waals surface area contributed by atoms with Crippen LogP contribution in [-0.2, 0) is 4.79 Å². The molecule has 0 aromatic heterocycles. The second kappa shape index (κ2) is 5.70. The molecular formula is C14H14ClNO2. The monoisotopic (exact) mass is 263 g/mol. The summed E-state index contributed by atoms with van der Waals surface area (Å²) in [7, 11) is 1.53. The highest BCUT2D eigenvalue weighted by atomic mass is 35.5. The first-order chi connectivity index (χ1) is 8.40. The maximum absolute atomic E-state index is 11.7. The van der Waals surface area contributed by atoms with Gasteiger partial charge in [-0.1, -0.05) is 23.7 Å². The number of hydrogen-bond donors (Lipinski definition) is 0. The summed E-state index contributed by atoms with van der Waals surface area (Å²) in [4.78, 5) is 11.7. The van der Waals surface area contributed by atoms with Crippen molar-refractivity contribution in [3.63, 3.8) is 0 Å². The Bertz CT molecular complexity index is 527. The van der Waals surface area contributed by atoms with Gasteiger partial charge < -0.3 is 4.74 Å². The standard InChI is InChI=1S/C14H14ClNO2/c1-14(2,9-16)13(17)7-5-10-4-6-11(15)12(8-10)18-3/h4-8H,1-3H3/b7-5+. The fourth-order valence-corrected chi connectivity index (χ4v) is 1.41. The molecule has 0 amide bonds. The van der Waals surface area contributed by atoms with Crippen molar-refractivity contribution in [2.75, 3.05) is 7.11 Å². The van der Waals surface area contributed by atoms with Gasteiger partial charge in [0.15, 0.2) is 5.78 Å². The van der Waals surface area contributed by atoms with Gasteiger partial charge in [-0.3, -0.25) is 4.79 Å². The molecule has 0 fully saturated rings. The van der Waals surface area contributed by atoms with Gasteiger partial charge in [-0.25, -0.2) is 0 Å². The van der Waals surface area contributed by atoms with Crippen LogP contribution in [0.4, 0.5) is 0 Å². The van der Waals surface area contributed by atoms with Crippen LogP contribution in [0.3, 0.4) is 0 Å². The van der Waals surface area contributed by atoms with Crippen molar-refractivity contribution < 1.29 is 9.53 Å². The van der Waals surface area contributed by atoms with E-state index in [9.17, 15) is 4.79 Å². The quantitative estimate of drug-likeness (QED) is 0.782. The summed E-state index contributed by atoms with van der Waals surface area (Å²) in [6, 6.07) is 7.16. The second-order valence-electron chi connectivity index (χ2n) is 4.33. The summed E-state index contributed by atoms with van der Waals surface area (Å²) in [6.45, 7) is 3.17. The van der Waals surface area contributed by atoms with Crippen LogP contribution in [0.1, 0.15) is 19.4 Å². The van der Waals surface area contributed by atoms with E-state index in [1.807, 2.05) is 6.07 Å². The minimum atomic E-state index is -1.01. The number of nitriles is 1. The SMILES string of the molecule is COc1cc(/C=C/C(=O)C(C)(C)C#N)ccc1Cl. The van der Waals surface area contributed by atoms with E-state index in [0.717, 1.165) is 5.56 Å². The molecule has 3 nitrogen and oxygen atoms in total. The first kappa shape index (κ1) is 14.3. The Morgan fingerprint density at radius 2 is 2.17 bits per heavy atom. The Kier molecular flexibility index (Phi) is 4.52. The Hall–Kier alpha value is -1.79. The van der Waals surface area contributed by atoms with Crippen LogP contribution in [0.15, 0.2) is 24.3 Å². The molecule has 4 heteroatoms. The number of halogens is 1. The third kappa shape index (κ3) is 3.35. The smallest absolute Gasteiger partial charge is 0.175 e. The van der Waals surface area contributed by atoms with E-state index in [2.05, 4.69) is 0 Å². The number of rotatable bonds is 4. The number of carbonyl (C=O) groups excluding carboxylic acids is 1. The van der Waals surface area contributed by atoms with E-state index >= 15 is 0 Å². The molecule has 0 aliphatic rings. The summed E-state index contributed by atoms with van der Waals surface area (Å²) in [5.74, 6) is 0.310. The molecular weight excluding hydrogens is 250 g/mol. The van der Waals surface area contributed by atoms with Crippen LogP contribution in [0, 0.1) is 16.7 Å². The fraction of sp³-hybridized carbons (Fsp3) is 0.286. The number of ether oxygens (including phenoxy) is 1. The highest BCUT2D eigenvalue weighted by Crippen LogP contribution is 2.25. The number of ketones is 1. The van der Waals surface area contributed by atoms with Gasteiger partial charge in [0.1, 0.15) is 11.2 Å². The minimum Gasteiger partial charge on any atom is -0.495 e. The van der Waals surface area contributed by atoms with Crippen molar-refractivity contribution in [2.24, 2.45) is 5.41 Å². The van der Waals surface area contributed by atoms with E-state index in [0.29, 0.717) is 10.8 Å². The van der Waals surface area contributed by atoms with Gasteiger partial charge in [-0.05, 0) is 37.6 Å². The molecule has 18 heavy (non-hydrogen) atoms. The van der Waals surface area contributed by atoms with Crippen LogP contribution in [0.5, 0.6) is 5.75 Å². The van der Waals surface area contributed by atoms with Crippen molar-refractivity contribution >= 4 is 23.5 Å². The van der Waals surface area contributed by atoms with Gasteiger partial charge in [-0.2, -0.15) is 5.26 Å². The lowest BCUT2D eigenvalue weighted by Gasteiger charge is -2.09. The third-order valence-corrected chi connectivity index (χ3v) is 2.81. The summed E-state index contributed by atoms with van der Waals surface area (Å²) < 4.78 is 5.08. The molecule has 0 N–H and O–H groups in total. The maximum atomic E-state index is 11.7. The summed E-state index contributed by atoms with van der Waals surface area (Å²) >= 11 is 5.90. The number of carbonyl (C=O) groups is 1. The number of allylic oxidation sites excluding steroid dienone is 1. The highest BCUT2D eigenvalue weighted by molar-refractivity contribution is 6.32. The molecule has 0 atom stereocenters. The maximum Gasteiger partial charge on any atom is 0.175 e. The zero-order valence-corrected chi connectivity index (χ0v) is 11.3. The first-order valence-corrected chi connectivity index (χ1v) is 5.76. The van der Waals surface area contributed by atoms with Crippen molar-refractivity contribution in [2.45, 2.75) is 13.8 Å². The lowest BCUT2D eigenvalue weighted by molar-refractivity contribution is -0.119. The average Bonchev–Trinajstić information content (AvgIpc) is 2.37. The number of nitrogens with zero attached hydrogens (tertiary/aromatic N) is 1. The van der Waals surface area contributed by atoms with Crippen molar-refractivity contribution in [1.82, 2.24) is 0 Å². The highest BCUT2D eigenvalue weighted by Gasteiger charge is 2.24. The van der Waals surface area contributed by atoms with Gasteiger partial charge in [0.2, 0.25) is 0 Å². The first-order valence-electron chi connectivity index (χ1n) is 5.38. The number of hydrogen-bond acceptors (Lipinski definition) is 3. The predicted octanol–water partition coefficient (Wildman–Crippen LogP) is 3.48. The molecule has 0 heterocycles. The minimum absolute atomic E-state index is 0.237. The molecule has 1 rings (SSSR count). The van der Waals surface area contributed by atoms with Crippen LogP contribution in [0.2, 0.25) is 5.02 Å². The molecule has 0 unspecified atom stereocenters. The zero-order valence-electron chi connectivity index (χ0n) is 10.5. The van der Waals surface area contributed by atoms with Crippen LogP contribution < -0.4 is 4.74 Å². The Morgan fingerprint density at radius 1 is 1.50 bits per heavy atom. The average molecular weight is 264 g/mol. The molecule has 0 bridgehead atoms. The molecule has 0 aliphatic carbocycles. The lowest BCUT2D eigenvalue weighted by Crippen LogP contribution is -2.19. The third-order valence-electron chi connectivity index (χ3n) is 2.50. The molecule has 1 aromatic rings. The van der Waals surface area contributed by atoms with Gasteiger partial charge in [-0.15, -0.1) is 0 Å². The zero-order chi connectivity index (χ0) is 13.8. The van der Waals surface area contributed by atoms with E-state index < -0.39 is 5.41 Å². The predicted molar refractivity (Wildman–Crippen MR) is 71.4 cm³/mol. The molecule has 0 spiro atoms. The molecule has 0 saturated heterocycles.